The number of halogens is 1. The van der Waals surface area contributed by atoms with Gasteiger partial charge in [-0.25, -0.2) is 9.97 Å². The first-order valence-corrected chi connectivity index (χ1v) is 12.6. The Labute approximate surface area is 211 Å². The summed E-state index contributed by atoms with van der Waals surface area (Å²) in [5, 5.41) is 7.72. The molecule has 0 radical (unpaired) electrons. The lowest BCUT2D eigenvalue weighted by molar-refractivity contribution is -0.125. The minimum Gasteiger partial charge on any atom is -0.499 e. The molecule has 2 unspecified atom stereocenters. The maximum atomic E-state index is 12.9. The molecule has 0 fully saturated rings. The molecule has 7 nitrogen and oxygen atoms in total. The highest BCUT2D eigenvalue weighted by atomic mass is 35.5. The van der Waals surface area contributed by atoms with Crippen molar-refractivity contribution in [2.45, 2.75) is 52.4 Å². The molecule has 0 saturated carbocycles. The molecule has 35 heavy (non-hydrogen) atoms. The summed E-state index contributed by atoms with van der Waals surface area (Å²) in [5.74, 6) is 2.22. The lowest BCUT2D eigenvalue weighted by atomic mass is 9.90. The van der Waals surface area contributed by atoms with E-state index in [0.717, 1.165) is 48.8 Å². The summed E-state index contributed by atoms with van der Waals surface area (Å²) in [4.78, 5) is 21.8. The number of anilines is 1. The molecule has 8 heteroatoms. The number of allylic oxidation sites excluding steroid dienone is 2. The van der Waals surface area contributed by atoms with Crippen molar-refractivity contribution in [2.24, 2.45) is 11.8 Å². The normalized spacial score (nSPS) is 22.5. The van der Waals surface area contributed by atoms with E-state index in [1.807, 2.05) is 31.2 Å². The molecule has 0 saturated heterocycles. The lowest BCUT2D eigenvalue weighted by Gasteiger charge is -2.23. The second kappa shape index (κ2) is 11.6. The fourth-order valence-corrected chi connectivity index (χ4v) is 4.59. The molecule has 1 aromatic heterocycles. The average molecular weight is 497 g/mol. The van der Waals surface area contributed by atoms with Crippen molar-refractivity contribution in [3.8, 4) is 5.75 Å². The first-order valence-electron chi connectivity index (χ1n) is 12.3. The SMILES string of the molecule is COC1=C2Nc3ncnc4ccc(cc34)OCCCCCCC(C)C(C)C(=O)NC=C2C(Cl)=CC1. The summed E-state index contributed by atoms with van der Waals surface area (Å²) in [5.41, 5.74) is 2.09. The molecule has 1 amide bonds. The van der Waals surface area contributed by atoms with Crippen molar-refractivity contribution in [3.63, 3.8) is 0 Å². The van der Waals surface area contributed by atoms with Gasteiger partial charge in [0.1, 0.15) is 23.7 Å². The van der Waals surface area contributed by atoms with E-state index >= 15 is 0 Å². The molecule has 1 aliphatic heterocycles. The number of benzene rings is 1. The van der Waals surface area contributed by atoms with E-state index in [4.69, 9.17) is 21.1 Å². The van der Waals surface area contributed by atoms with Crippen molar-refractivity contribution in [3.05, 3.63) is 58.9 Å². The number of fused-ring (bicyclic) bond motifs is 2. The smallest absolute Gasteiger partial charge is 0.227 e. The van der Waals surface area contributed by atoms with Crippen LogP contribution in [0.4, 0.5) is 5.82 Å². The summed E-state index contributed by atoms with van der Waals surface area (Å²) in [7, 11) is 1.62. The van der Waals surface area contributed by atoms with Crippen molar-refractivity contribution in [1.82, 2.24) is 15.3 Å². The molecular formula is C27H33ClN4O3. The third-order valence-corrected chi connectivity index (χ3v) is 7.18. The van der Waals surface area contributed by atoms with Crippen LogP contribution >= 0.6 is 11.6 Å². The molecule has 0 spiro atoms. The standard InChI is InChI=1S/C27H33ClN4O3/c1-17-8-6-4-5-7-13-35-19-9-11-23-20(14-19)26(31-16-30-23)32-25-21(15-29-27(33)18(17)2)22(28)10-12-24(25)34-3/h9-11,14-18H,4-8,12-13H2,1-3H3,(H,29,33)(H,30,31,32). The Kier molecular flexibility index (Phi) is 8.29. The molecule has 2 bridgehead atoms. The van der Waals surface area contributed by atoms with Crippen molar-refractivity contribution < 1.29 is 14.3 Å². The van der Waals surface area contributed by atoms with Crippen LogP contribution in [0.5, 0.6) is 5.75 Å². The Morgan fingerprint density at radius 2 is 1.97 bits per heavy atom. The van der Waals surface area contributed by atoms with Crippen LogP contribution < -0.4 is 15.4 Å². The van der Waals surface area contributed by atoms with Gasteiger partial charge in [-0.1, -0.05) is 50.8 Å². The molecule has 2 aromatic rings. The number of hydrogen-bond donors (Lipinski definition) is 2. The number of aromatic nitrogens is 2. The van der Waals surface area contributed by atoms with Gasteiger partial charge in [-0.05, 0) is 37.0 Å². The van der Waals surface area contributed by atoms with Gasteiger partial charge in [-0.15, -0.1) is 0 Å². The van der Waals surface area contributed by atoms with Crippen molar-refractivity contribution >= 4 is 34.2 Å². The van der Waals surface area contributed by atoms with E-state index in [9.17, 15) is 4.79 Å². The molecule has 2 N–H and O–H groups in total. The van der Waals surface area contributed by atoms with Crippen molar-refractivity contribution in [2.75, 3.05) is 19.0 Å². The van der Waals surface area contributed by atoms with Crippen molar-refractivity contribution in [1.29, 1.82) is 0 Å². The number of nitrogens with zero attached hydrogens (tertiary/aromatic N) is 2. The minimum absolute atomic E-state index is 0.0261. The summed E-state index contributed by atoms with van der Waals surface area (Å²) in [6.45, 7) is 4.77. The number of nitrogens with one attached hydrogen (secondary N) is 2. The molecule has 1 aromatic carbocycles. The number of ether oxygens (including phenoxy) is 2. The van der Waals surface area contributed by atoms with Gasteiger partial charge in [-0.3, -0.25) is 4.79 Å². The Balaban J connectivity index is 1.74. The van der Waals surface area contributed by atoms with Gasteiger partial charge in [-0.2, -0.15) is 0 Å². The molecular weight excluding hydrogens is 464 g/mol. The number of amides is 1. The van der Waals surface area contributed by atoms with Gasteiger partial charge in [0.2, 0.25) is 5.91 Å². The van der Waals surface area contributed by atoms with Crippen LogP contribution in [0.25, 0.3) is 10.9 Å². The van der Waals surface area contributed by atoms with E-state index in [-0.39, 0.29) is 17.7 Å². The first-order chi connectivity index (χ1) is 17.0. The van der Waals surface area contributed by atoms with Crippen LogP contribution in [0.2, 0.25) is 0 Å². The maximum absolute atomic E-state index is 12.9. The van der Waals surface area contributed by atoms with Gasteiger partial charge in [0.15, 0.2) is 0 Å². The summed E-state index contributed by atoms with van der Waals surface area (Å²) in [6, 6.07) is 5.82. The number of carbonyl (C=O) groups is 1. The molecule has 2 aliphatic rings. The van der Waals surface area contributed by atoms with Crippen LogP contribution in [0, 0.1) is 11.8 Å². The van der Waals surface area contributed by atoms with Gasteiger partial charge >= 0.3 is 0 Å². The van der Waals surface area contributed by atoms with Gasteiger partial charge in [0.25, 0.3) is 0 Å². The first kappa shape index (κ1) is 25.0. The number of carbonyl (C=O) groups excluding carboxylic acids is 1. The Morgan fingerprint density at radius 3 is 2.80 bits per heavy atom. The Morgan fingerprint density at radius 1 is 1.14 bits per heavy atom. The molecule has 4 rings (SSSR count). The van der Waals surface area contributed by atoms with Crippen LogP contribution in [0.1, 0.15) is 52.4 Å². The van der Waals surface area contributed by atoms with E-state index < -0.39 is 0 Å². The minimum atomic E-state index is -0.117. The third-order valence-electron chi connectivity index (χ3n) is 6.82. The summed E-state index contributed by atoms with van der Waals surface area (Å²) in [6.07, 6.45) is 10.9. The maximum Gasteiger partial charge on any atom is 0.227 e. The zero-order valence-corrected chi connectivity index (χ0v) is 21.3. The van der Waals surface area contributed by atoms with Gasteiger partial charge in [0.05, 0.1) is 24.9 Å². The largest absolute Gasteiger partial charge is 0.499 e. The molecule has 2 atom stereocenters. The number of methoxy groups -OCH3 is 1. The lowest BCUT2D eigenvalue weighted by Crippen LogP contribution is -2.30. The van der Waals surface area contributed by atoms with Crippen LogP contribution in [-0.4, -0.2) is 29.6 Å². The summed E-state index contributed by atoms with van der Waals surface area (Å²) >= 11 is 6.61. The fraction of sp³-hybridized carbons (Fsp3) is 0.444. The topological polar surface area (TPSA) is 85.4 Å². The van der Waals surface area contributed by atoms with Gasteiger partial charge < -0.3 is 20.1 Å². The molecule has 1 aliphatic carbocycles. The second-order valence-corrected chi connectivity index (χ2v) is 9.58. The second-order valence-electron chi connectivity index (χ2n) is 9.17. The number of hydrogen-bond acceptors (Lipinski definition) is 6. The highest BCUT2D eigenvalue weighted by Crippen LogP contribution is 2.35. The predicted molar refractivity (Wildman–Crippen MR) is 139 cm³/mol. The highest BCUT2D eigenvalue weighted by molar-refractivity contribution is 6.32. The Bertz CT molecular complexity index is 1170. The zero-order chi connectivity index (χ0) is 24.8. The average Bonchev–Trinajstić information content (AvgIpc) is 2.87. The third kappa shape index (κ3) is 5.96. The predicted octanol–water partition coefficient (Wildman–Crippen LogP) is 6.04. The van der Waals surface area contributed by atoms with Crippen LogP contribution in [-0.2, 0) is 9.53 Å². The van der Waals surface area contributed by atoms with E-state index in [2.05, 4.69) is 27.5 Å². The highest BCUT2D eigenvalue weighted by Gasteiger charge is 2.24. The van der Waals surface area contributed by atoms with Crippen LogP contribution in [0.15, 0.2) is 58.9 Å². The van der Waals surface area contributed by atoms with Crippen LogP contribution in [0.3, 0.4) is 0 Å². The van der Waals surface area contributed by atoms with Gasteiger partial charge in [0, 0.05) is 34.5 Å². The summed E-state index contributed by atoms with van der Waals surface area (Å²) < 4.78 is 11.7. The quantitative estimate of drug-likeness (QED) is 0.500. The molecule has 186 valence electrons. The molecule has 2 heterocycles. The monoisotopic (exact) mass is 496 g/mol. The van der Waals surface area contributed by atoms with E-state index in [1.165, 1.54) is 6.33 Å². The van der Waals surface area contributed by atoms with E-state index in [1.54, 1.807) is 13.3 Å². The fourth-order valence-electron chi connectivity index (χ4n) is 4.37. The van der Waals surface area contributed by atoms with E-state index in [0.29, 0.717) is 40.9 Å². The zero-order valence-electron chi connectivity index (χ0n) is 20.6. The Hall–Kier alpha value is -3.06. The number of rotatable bonds is 1.